The molecule has 5 nitrogen and oxygen atoms in total. The van der Waals surface area contributed by atoms with E-state index in [9.17, 15) is 4.79 Å². The highest BCUT2D eigenvalue weighted by Gasteiger charge is 2.12. The first-order valence-corrected chi connectivity index (χ1v) is 4.14. The number of carboxylic acid groups (broad SMARTS) is 1. The normalized spacial score (nSPS) is 10.6. The Balaban J connectivity index is 2.79. The summed E-state index contributed by atoms with van der Waals surface area (Å²) in [7, 11) is 0. The highest BCUT2D eigenvalue weighted by Crippen LogP contribution is 2.23. The number of anilines is 1. The molecule has 1 heterocycles. The second-order valence-electron chi connectivity index (χ2n) is 2.74. The van der Waals surface area contributed by atoms with Gasteiger partial charge in [-0.05, 0) is 18.2 Å². The molecule has 2 rings (SSSR count). The first-order valence-electron chi connectivity index (χ1n) is 3.76. The number of rotatable bonds is 0. The molecule has 0 aliphatic rings. The van der Waals surface area contributed by atoms with Crippen molar-refractivity contribution in [1.29, 1.82) is 0 Å². The van der Waals surface area contributed by atoms with Crippen LogP contribution in [0.3, 0.4) is 0 Å². The molecule has 6 heteroatoms. The van der Waals surface area contributed by atoms with Gasteiger partial charge in [0.15, 0.2) is 0 Å². The van der Waals surface area contributed by atoms with E-state index in [0.29, 0.717) is 15.9 Å². The Morgan fingerprint density at radius 1 is 1.57 bits per heavy atom. The third-order valence-corrected chi connectivity index (χ3v) is 2.09. The lowest BCUT2D eigenvalue weighted by molar-refractivity contribution is 0.193. The zero-order valence-electron chi connectivity index (χ0n) is 6.94. The molecule has 1 aromatic carbocycles. The maximum absolute atomic E-state index is 10.7. The Morgan fingerprint density at radius 3 is 2.93 bits per heavy atom. The maximum Gasteiger partial charge on any atom is 0.434 e. The van der Waals surface area contributed by atoms with Gasteiger partial charge >= 0.3 is 6.09 Å². The lowest BCUT2D eigenvalue weighted by Gasteiger charge is -1.93. The van der Waals surface area contributed by atoms with Crippen LogP contribution in [0.15, 0.2) is 18.2 Å². The van der Waals surface area contributed by atoms with Gasteiger partial charge in [0.25, 0.3) is 0 Å². The second kappa shape index (κ2) is 2.88. The monoisotopic (exact) mass is 211 g/mol. The van der Waals surface area contributed by atoms with Gasteiger partial charge in [-0.2, -0.15) is 5.10 Å². The molecule has 0 amide bonds. The molecule has 0 atom stereocenters. The van der Waals surface area contributed by atoms with Crippen molar-refractivity contribution < 1.29 is 9.90 Å². The molecule has 0 aliphatic heterocycles. The first kappa shape index (κ1) is 8.83. The summed E-state index contributed by atoms with van der Waals surface area (Å²) in [5.41, 5.74) is 6.04. The van der Waals surface area contributed by atoms with Crippen LogP contribution < -0.4 is 5.73 Å². The van der Waals surface area contributed by atoms with E-state index in [2.05, 4.69) is 5.10 Å². The summed E-state index contributed by atoms with van der Waals surface area (Å²) >= 11 is 5.72. The number of nitrogens with zero attached hydrogens (tertiary/aromatic N) is 2. The van der Waals surface area contributed by atoms with Gasteiger partial charge in [-0.25, -0.2) is 4.79 Å². The van der Waals surface area contributed by atoms with Gasteiger partial charge in [0.2, 0.25) is 0 Å². The van der Waals surface area contributed by atoms with E-state index >= 15 is 0 Å². The van der Waals surface area contributed by atoms with E-state index in [-0.39, 0.29) is 5.82 Å². The minimum absolute atomic E-state index is 0.101. The lowest BCUT2D eigenvalue weighted by atomic mass is 10.2. The summed E-state index contributed by atoms with van der Waals surface area (Å²) in [4.78, 5) is 10.7. The fourth-order valence-electron chi connectivity index (χ4n) is 1.23. The number of hydrogen-bond acceptors (Lipinski definition) is 3. The quantitative estimate of drug-likeness (QED) is 0.696. The third-order valence-electron chi connectivity index (χ3n) is 1.85. The molecule has 0 unspecified atom stereocenters. The van der Waals surface area contributed by atoms with Crippen LogP contribution in [0.5, 0.6) is 0 Å². The van der Waals surface area contributed by atoms with E-state index < -0.39 is 6.09 Å². The van der Waals surface area contributed by atoms with Crippen molar-refractivity contribution in [3.8, 4) is 0 Å². The summed E-state index contributed by atoms with van der Waals surface area (Å²) in [6.45, 7) is 0. The summed E-state index contributed by atoms with van der Waals surface area (Å²) in [6, 6.07) is 4.83. The molecular formula is C8H6ClN3O2. The zero-order valence-corrected chi connectivity index (χ0v) is 7.69. The molecular weight excluding hydrogens is 206 g/mol. The molecule has 0 saturated heterocycles. The van der Waals surface area contributed by atoms with Crippen molar-refractivity contribution in [2.75, 3.05) is 5.73 Å². The van der Waals surface area contributed by atoms with E-state index in [1.54, 1.807) is 18.2 Å². The Hall–Kier alpha value is -1.75. The van der Waals surface area contributed by atoms with Crippen LogP contribution in [0.25, 0.3) is 10.9 Å². The smallest absolute Gasteiger partial charge is 0.434 e. The van der Waals surface area contributed by atoms with Crippen LogP contribution in [0.4, 0.5) is 10.6 Å². The van der Waals surface area contributed by atoms with Crippen LogP contribution in [-0.2, 0) is 0 Å². The Bertz CT molecular complexity index is 521. The summed E-state index contributed by atoms with van der Waals surface area (Å²) < 4.78 is 0.723. The van der Waals surface area contributed by atoms with Gasteiger partial charge in [0, 0.05) is 10.4 Å². The molecule has 72 valence electrons. The Morgan fingerprint density at radius 2 is 2.29 bits per heavy atom. The van der Waals surface area contributed by atoms with Gasteiger partial charge in [0.05, 0.1) is 5.52 Å². The SMILES string of the molecule is Nc1c2ccc(Cl)cc2nn1C(=O)O. The fourth-order valence-corrected chi connectivity index (χ4v) is 1.39. The van der Waals surface area contributed by atoms with Crippen LogP contribution in [0.1, 0.15) is 0 Å². The topological polar surface area (TPSA) is 81.1 Å². The minimum atomic E-state index is -1.21. The number of hydrogen-bond donors (Lipinski definition) is 2. The van der Waals surface area contributed by atoms with Crippen molar-refractivity contribution >= 4 is 34.4 Å². The number of halogens is 1. The number of carbonyl (C=O) groups is 1. The van der Waals surface area contributed by atoms with Crippen molar-refractivity contribution in [3.05, 3.63) is 23.2 Å². The number of aromatic nitrogens is 2. The van der Waals surface area contributed by atoms with Crippen LogP contribution >= 0.6 is 11.6 Å². The molecule has 14 heavy (non-hydrogen) atoms. The van der Waals surface area contributed by atoms with Crippen molar-refractivity contribution in [2.24, 2.45) is 0 Å². The van der Waals surface area contributed by atoms with E-state index in [4.69, 9.17) is 22.4 Å². The van der Waals surface area contributed by atoms with E-state index in [1.165, 1.54) is 0 Å². The van der Waals surface area contributed by atoms with Gasteiger partial charge < -0.3 is 10.8 Å². The fraction of sp³-hybridized carbons (Fsp3) is 0. The number of fused-ring (bicyclic) bond motifs is 1. The number of nitrogen functional groups attached to an aromatic ring is 1. The highest BCUT2D eigenvalue weighted by atomic mass is 35.5. The second-order valence-corrected chi connectivity index (χ2v) is 3.18. The predicted molar refractivity (Wildman–Crippen MR) is 52.6 cm³/mol. The predicted octanol–water partition coefficient (Wildman–Crippen LogP) is 1.80. The molecule has 2 aromatic rings. The molecule has 1 aromatic heterocycles. The average molecular weight is 212 g/mol. The van der Waals surface area contributed by atoms with Crippen molar-refractivity contribution in [1.82, 2.24) is 9.78 Å². The Labute approximate surface area is 83.7 Å². The lowest BCUT2D eigenvalue weighted by Crippen LogP contribution is -2.12. The summed E-state index contributed by atoms with van der Waals surface area (Å²) in [5.74, 6) is 0.101. The summed E-state index contributed by atoms with van der Waals surface area (Å²) in [6.07, 6.45) is -1.21. The largest absolute Gasteiger partial charge is 0.463 e. The molecule has 3 N–H and O–H groups in total. The standard InChI is InChI=1S/C8H6ClN3O2/c9-4-1-2-5-6(3-4)11-12(7(5)10)8(13)14/h1-3H,10H2,(H,13,14). The van der Waals surface area contributed by atoms with E-state index in [0.717, 1.165) is 4.68 Å². The highest BCUT2D eigenvalue weighted by molar-refractivity contribution is 6.31. The molecule has 0 aliphatic carbocycles. The molecule has 0 saturated carbocycles. The average Bonchev–Trinajstić information content (AvgIpc) is 2.43. The van der Waals surface area contributed by atoms with Crippen LogP contribution in [0.2, 0.25) is 5.02 Å². The number of benzene rings is 1. The Kier molecular flexibility index (Phi) is 1.82. The third kappa shape index (κ3) is 1.18. The molecule has 0 radical (unpaired) electrons. The maximum atomic E-state index is 10.7. The zero-order chi connectivity index (χ0) is 10.3. The van der Waals surface area contributed by atoms with E-state index in [1.807, 2.05) is 0 Å². The van der Waals surface area contributed by atoms with Gasteiger partial charge in [-0.1, -0.05) is 11.6 Å². The van der Waals surface area contributed by atoms with Gasteiger partial charge in [0.1, 0.15) is 5.82 Å². The van der Waals surface area contributed by atoms with Crippen molar-refractivity contribution in [2.45, 2.75) is 0 Å². The summed E-state index contributed by atoms with van der Waals surface area (Å²) in [5, 5.41) is 13.6. The van der Waals surface area contributed by atoms with Crippen LogP contribution in [0, 0.1) is 0 Å². The van der Waals surface area contributed by atoms with Gasteiger partial charge in [-0.15, -0.1) is 4.68 Å². The van der Waals surface area contributed by atoms with Crippen molar-refractivity contribution in [3.63, 3.8) is 0 Å². The number of nitrogens with two attached hydrogens (primary N) is 1. The molecule has 0 bridgehead atoms. The molecule has 0 fully saturated rings. The molecule has 0 spiro atoms. The minimum Gasteiger partial charge on any atom is -0.463 e. The van der Waals surface area contributed by atoms with Gasteiger partial charge in [-0.3, -0.25) is 0 Å². The first-order chi connectivity index (χ1) is 6.59. The van der Waals surface area contributed by atoms with Crippen LogP contribution in [-0.4, -0.2) is 21.0 Å².